The topological polar surface area (TPSA) is 26.3 Å². The highest BCUT2D eigenvalue weighted by molar-refractivity contribution is 7.66. The molecule has 0 saturated heterocycles. The number of hydrogen-bond donors (Lipinski definition) is 0. The van der Waals surface area contributed by atoms with Crippen molar-refractivity contribution in [2.75, 3.05) is 13.8 Å². The molecule has 0 fully saturated rings. The van der Waals surface area contributed by atoms with Crippen molar-refractivity contribution in [3.63, 3.8) is 0 Å². The van der Waals surface area contributed by atoms with Crippen molar-refractivity contribution in [2.24, 2.45) is 0 Å². The van der Waals surface area contributed by atoms with Gasteiger partial charge in [0.05, 0.1) is 0 Å². The van der Waals surface area contributed by atoms with E-state index in [1.54, 1.807) is 6.66 Å². The lowest BCUT2D eigenvalue weighted by molar-refractivity contribution is 0.408. The van der Waals surface area contributed by atoms with Crippen LogP contribution in [0.5, 0.6) is 0 Å². The van der Waals surface area contributed by atoms with Gasteiger partial charge < -0.3 is 4.52 Å². The van der Waals surface area contributed by atoms with Crippen LogP contribution in [-0.4, -0.2) is 13.8 Å². The molecule has 2 nitrogen and oxygen atoms in total. The van der Waals surface area contributed by atoms with Crippen LogP contribution in [0.25, 0.3) is 0 Å². The third kappa shape index (κ3) is 3.48. The molecule has 0 amide bonds. The molecule has 84 valence electrons. The molecule has 0 aliphatic carbocycles. The van der Waals surface area contributed by atoms with Crippen LogP contribution >= 0.6 is 7.37 Å². The summed E-state index contributed by atoms with van der Waals surface area (Å²) < 4.78 is 16.9. The highest BCUT2D eigenvalue weighted by Crippen LogP contribution is 2.39. The van der Waals surface area contributed by atoms with Gasteiger partial charge >= 0.3 is 0 Å². The quantitative estimate of drug-likeness (QED) is 0.720. The summed E-state index contributed by atoms with van der Waals surface area (Å²) in [5, 5.41) is 0.797. The summed E-state index contributed by atoms with van der Waals surface area (Å²) in [5.41, 5.74) is 1.30. The molecular weight excluding hydrogens is 207 g/mol. The van der Waals surface area contributed by atoms with E-state index < -0.39 is 7.37 Å². The minimum atomic E-state index is -2.57. The molecule has 3 heteroatoms. The summed E-state index contributed by atoms with van der Waals surface area (Å²) in [7, 11) is -1.08. The van der Waals surface area contributed by atoms with Gasteiger partial charge in [0.1, 0.15) is 0 Å². The van der Waals surface area contributed by atoms with Crippen LogP contribution in [0.15, 0.2) is 24.3 Å². The molecule has 1 atom stereocenters. The van der Waals surface area contributed by atoms with Gasteiger partial charge in [-0.05, 0) is 30.5 Å². The third-order valence-electron chi connectivity index (χ3n) is 2.57. The summed E-state index contributed by atoms with van der Waals surface area (Å²) in [6.45, 7) is 3.83. The van der Waals surface area contributed by atoms with E-state index in [4.69, 9.17) is 4.52 Å². The smallest absolute Gasteiger partial charge is 0.228 e. The Morgan fingerprint density at radius 3 is 2.33 bits per heavy atom. The van der Waals surface area contributed by atoms with Gasteiger partial charge in [-0.1, -0.05) is 25.5 Å². The van der Waals surface area contributed by atoms with Crippen molar-refractivity contribution >= 4 is 12.7 Å². The Labute approximate surface area is 92.1 Å². The summed E-state index contributed by atoms with van der Waals surface area (Å²) in [6, 6.07) is 7.91. The molecule has 0 aliphatic heterocycles. The maximum absolute atomic E-state index is 11.9. The first-order chi connectivity index (χ1) is 7.10. The Morgan fingerprint density at radius 1 is 1.27 bits per heavy atom. The van der Waals surface area contributed by atoms with Crippen LogP contribution in [0.4, 0.5) is 0 Å². The fourth-order valence-corrected chi connectivity index (χ4v) is 2.32. The Morgan fingerprint density at radius 2 is 1.87 bits per heavy atom. The molecule has 1 rings (SSSR count). The predicted molar refractivity (Wildman–Crippen MR) is 65.2 cm³/mol. The highest BCUT2D eigenvalue weighted by Gasteiger charge is 2.16. The largest absolute Gasteiger partial charge is 0.329 e. The van der Waals surface area contributed by atoms with E-state index in [1.165, 1.54) is 25.5 Å². The Bertz CT molecular complexity index is 343. The van der Waals surface area contributed by atoms with Crippen LogP contribution in [0, 0.1) is 0 Å². The number of aryl methyl sites for hydroxylation is 1. The zero-order valence-electron chi connectivity index (χ0n) is 9.69. The molecule has 15 heavy (non-hydrogen) atoms. The Balaban J connectivity index is 2.76. The molecule has 1 aromatic rings. The number of benzene rings is 1. The van der Waals surface area contributed by atoms with Gasteiger partial charge in [0.2, 0.25) is 7.37 Å². The second kappa shape index (κ2) is 5.48. The summed E-state index contributed by atoms with van der Waals surface area (Å²) in [5.74, 6) is 0. The first-order valence-corrected chi connectivity index (χ1v) is 7.40. The standard InChI is InChI=1S/C12H19O2P/c1-4-5-6-11-7-9-12(10-8-11)15(3,13)14-2/h7-10H,4-6H2,1-3H3. The molecule has 0 radical (unpaired) electrons. The third-order valence-corrected chi connectivity index (χ3v) is 4.51. The van der Waals surface area contributed by atoms with Crippen LogP contribution in [0.1, 0.15) is 25.3 Å². The van der Waals surface area contributed by atoms with Gasteiger partial charge in [0.25, 0.3) is 0 Å². The Kier molecular flexibility index (Phi) is 4.56. The van der Waals surface area contributed by atoms with Gasteiger partial charge in [-0.25, -0.2) is 0 Å². The molecule has 1 unspecified atom stereocenters. The van der Waals surface area contributed by atoms with Gasteiger partial charge in [-0.2, -0.15) is 0 Å². The van der Waals surface area contributed by atoms with E-state index in [1.807, 2.05) is 24.3 Å². The summed E-state index contributed by atoms with van der Waals surface area (Å²) >= 11 is 0. The minimum Gasteiger partial charge on any atom is -0.329 e. The average Bonchev–Trinajstić information content (AvgIpc) is 2.27. The molecule has 0 N–H and O–H groups in total. The van der Waals surface area contributed by atoms with Gasteiger partial charge in [-0.3, -0.25) is 4.57 Å². The molecule has 0 aliphatic rings. The van der Waals surface area contributed by atoms with Crippen LogP contribution in [0.3, 0.4) is 0 Å². The number of rotatable bonds is 5. The first kappa shape index (κ1) is 12.5. The van der Waals surface area contributed by atoms with E-state index >= 15 is 0 Å². The van der Waals surface area contributed by atoms with Crippen molar-refractivity contribution < 1.29 is 9.09 Å². The van der Waals surface area contributed by atoms with E-state index in [-0.39, 0.29) is 0 Å². The number of unbranched alkanes of at least 4 members (excludes halogenated alkanes) is 1. The van der Waals surface area contributed by atoms with Gasteiger partial charge in [-0.15, -0.1) is 0 Å². The maximum atomic E-state index is 11.9. The van der Waals surface area contributed by atoms with E-state index in [0.717, 1.165) is 11.7 Å². The summed E-state index contributed by atoms with van der Waals surface area (Å²) in [4.78, 5) is 0. The van der Waals surface area contributed by atoms with Crippen molar-refractivity contribution in [3.8, 4) is 0 Å². The predicted octanol–water partition coefficient (Wildman–Crippen LogP) is 3.21. The van der Waals surface area contributed by atoms with Crippen LogP contribution in [-0.2, 0) is 15.5 Å². The SMILES string of the molecule is CCCCc1ccc(P(C)(=O)OC)cc1. The second-order valence-corrected chi connectivity index (χ2v) is 6.37. The first-order valence-electron chi connectivity index (χ1n) is 5.33. The van der Waals surface area contributed by atoms with Crippen molar-refractivity contribution in [3.05, 3.63) is 29.8 Å². The molecule has 0 aromatic heterocycles. The summed E-state index contributed by atoms with van der Waals surface area (Å²) in [6.07, 6.45) is 3.50. The van der Waals surface area contributed by atoms with E-state index in [0.29, 0.717) is 0 Å². The monoisotopic (exact) mass is 226 g/mol. The lowest BCUT2D eigenvalue weighted by Gasteiger charge is -2.11. The lowest BCUT2D eigenvalue weighted by atomic mass is 10.1. The fraction of sp³-hybridized carbons (Fsp3) is 0.500. The lowest BCUT2D eigenvalue weighted by Crippen LogP contribution is -2.04. The molecule has 0 heterocycles. The molecule has 1 aromatic carbocycles. The number of hydrogen-bond acceptors (Lipinski definition) is 2. The van der Waals surface area contributed by atoms with Crippen LogP contribution in [0.2, 0.25) is 0 Å². The Hall–Kier alpha value is -0.590. The van der Waals surface area contributed by atoms with E-state index in [2.05, 4.69) is 6.92 Å². The highest BCUT2D eigenvalue weighted by atomic mass is 31.2. The molecule has 0 spiro atoms. The van der Waals surface area contributed by atoms with Crippen molar-refractivity contribution in [1.29, 1.82) is 0 Å². The van der Waals surface area contributed by atoms with Gasteiger partial charge in [0.15, 0.2) is 0 Å². The van der Waals surface area contributed by atoms with Gasteiger partial charge in [0, 0.05) is 19.1 Å². The van der Waals surface area contributed by atoms with Crippen LogP contribution < -0.4 is 5.30 Å². The molecular formula is C12H19O2P. The normalized spacial score (nSPS) is 14.9. The second-order valence-electron chi connectivity index (χ2n) is 3.80. The minimum absolute atomic E-state index is 0.797. The molecule has 0 bridgehead atoms. The van der Waals surface area contributed by atoms with E-state index in [9.17, 15) is 4.57 Å². The maximum Gasteiger partial charge on any atom is 0.228 e. The van der Waals surface area contributed by atoms with Crippen molar-refractivity contribution in [2.45, 2.75) is 26.2 Å². The van der Waals surface area contributed by atoms with Crippen molar-refractivity contribution in [1.82, 2.24) is 0 Å². The zero-order chi connectivity index (χ0) is 11.3. The fourth-order valence-electron chi connectivity index (χ4n) is 1.42. The molecule has 0 saturated carbocycles. The average molecular weight is 226 g/mol. The zero-order valence-corrected chi connectivity index (χ0v) is 10.6.